The molecule has 0 saturated carbocycles. The Morgan fingerprint density at radius 1 is 1.27 bits per heavy atom. The minimum atomic E-state index is -0.0185. The summed E-state index contributed by atoms with van der Waals surface area (Å²) in [5, 5.41) is 22.3. The van der Waals surface area contributed by atoms with Crippen molar-refractivity contribution < 1.29 is 9.84 Å². The second-order valence-corrected chi connectivity index (χ2v) is 7.21. The molecule has 1 aromatic carbocycles. The van der Waals surface area contributed by atoms with E-state index in [9.17, 15) is 10.3 Å². The molecule has 2 rings (SSSR count). The van der Waals surface area contributed by atoms with Crippen molar-refractivity contribution in [3.8, 4) is 5.75 Å². The second-order valence-electron chi connectivity index (χ2n) is 6.30. The minimum Gasteiger partial charge on any atom is -0.618 e. The van der Waals surface area contributed by atoms with Crippen LogP contribution in [0.1, 0.15) is 32.0 Å². The molecular weight excluding hydrogens is 344 g/mol. The zero-order chi connectivity index (χ0) is 16.3. The molecule has 116 valence electrons. The lowest BCUT2D eigenvalue weighted by Gasteiger charge is -2.16. The van der Waals surface area contributed by atoms with Gasteiger partial charge in [0.05, 0.1) is 0 Å². The first kappa shape index (κ1) is 16.5. The van der Waals surface area contributed by atoms with Crippen LogP contribution in [0.4, 0.5) is 0 Å². The Kier molecular flexibility index (Phi) is 4.86. The molecule has 0 bridgehead atoms. The van der Waals surface area contributed by atoms with Crippen molar-refractivity contribution in [1.82, 2.24) is 0 Å². The van der Waals surface area contributed by atoms with E-state index in [1.54, 1.807) is 36.4 Å². The molecule has 0 atom stereocenters. The van der Waals surface area contributed by atoms with Crippen molar-refractivity contribution in [2.75, 3.05) is 6.54 Å². The van der Waals surface area contributed by atoms with Gasteiger partial charge in [-0.05, 0) is 29.7 Å². The molecule has 5 heteroatoms. The van der Waals surface area contributed by atoms with Crippen LogP contribution in [0.3, 0.4) is 0 Å². The van der Waals surface area contributed by atoms with Crippen LogP contribution < -0.4 is 4.73 Å². The smallest absolute Gasteiger partial charge is 0.242 e. The number of rotatable bonds is 3. The summed E-state index contributed by atoms with van der Waals surface area (Å²) in [5.41, 5.74) is 1.42. The molecule has 1 heterocycles. The van der Waals surface area contributed by atoms with Gasteiger partial charge in [-0.2, -0.15) is 4.73 Å². The maximum absolute atomic E-state index is 12.1. The average Bonchev–Trinajstić information content (AvgIpc) is 2.43. The van der Waals surface area contributed by atoms with Crippen molar-refractivity contribution in [3.63, 3.8) is 0 Å². The number of phenolic OH excluding ortho intramolecular Hbond substituents is 1. The highest BCUT2D eigenvalue weighted by atomic mass is 79.9. The van der Waals surface area contributed by atoms with E-state index in [1.165, 1.54) is 6.20 Å². The Morgan fingerprint density at radius 3 is 2.64 bits per heavy atom. The summed E-state index contributed by atoms with van der Waals surface area (Å²) in [6.45, 7) is 6.77. The number of pyridine rings is 1. The topological polar surface area (TPSA) is 59.5 Å². The van der Waals surface area contributed by atoms with E-state index in [0.717, 1.165) is 9.20 Å². The molecule has 0 radical (unpaired) electrons. The quantitative estimate of drug-likeness (QED) is 0.514. The van der Waals surface area contributed by atoms with E-state index < -0.39 is 0 Å². The fraction of sp³-hybridized carbons (Fsp3) is 0.294. The van der Waals surface area contributed by atoms with Gasteiger partial charge < -0.3 is 10.3 Å². The molecule has 4 nitrogen and oxygen atoms in total. The molecule has 0 aliphatic rings. The van der Waals surface area contributed by atoms with Gasteiger partial charge in [0.1, 0.15) is 11.5 Å². The maximum Gasteiger partial charge on any atom is 0.242 e. The Labute approximate surface area is 138 Å². The molecule has 0 saturated heterocycles. The Morgan fingerprint density at radius 2 is 2.00 bits per heavy atom. The first-order valence-electron chi connectivity index (χ1n) is 7.00. The Bertz CT molecular complexity index is 706. The lowest BCUT2D eigenvalue weighted by atomic mass is 9.96. The Hall–Kier alpha value is -1.88. The van der Waals surface area contributed by atoms with Gasteiger partial charge in [-0.15, -0.1) is 0 Å². The molecule has 22 heavy (non-hydrogen) atoms. The van der Waals surface area contributed by atoms with Crippen LogP contribution >= 0.6 is 15.9 Å². The normalized spacial score (nSPS) is 12.5. The molecule has 0 aliphatic heterocycles. The molecule has 0 amide bonds. The van der Waals surface area contributed by atoms with E-state index in [1.807, 2.05) is 0 Å². The highest BCUT2D eigenvalue weighted by molar-refractivity contribution is 9.10. The summed E-state index contributed by atoms with van der Waals surface area (Å²) in [6, 6.07) is 10.3. The number of aromatic hydroxyl groups is 1. The summed E-state index contributed by atoms with van der Waals surface area (Å²) in [4.78, 5) is 4.61. The SMILES string of the molecule is CC(C)(C)C/N=C(/c1cc(Br)ccc1O)c1cccc[n+]1[O-]. The summed E-state index contributed by atoms with van der Waals surface area (Å²) in [5.74, 6) is 0.0970. The molecule has 0 aliphatic carbocycles. The molecule has 2 aromatic rings. The van der Waals surface area contributed by atoms with Gasteiger partial charge in [0, 0.05) is 28.7 Å². The largest absolute Gasteiger partial charge is 0.618 e. The predicted octanol–water partition coefficient (Wildman–Crippen LogP) is 3.67. The average molecular weight is 363 g/mol. The molecule has 0 fully saturated rings. The molecule has 1 N–H and O–H groups in total. The van der Waals surface area contributed by atoms with E-state index >= 15 is 0 Å². The van der Waals surface area contributed by atoms with Gasteiger partial charge in [0.15, 0.2) is 6.20 Å². The van der Waals surface area contributed by atoms with E-state index in [2.05, 4.69) is 41.7 Å². The third-order valence-electron chi connectivity index (χ3n) is 2.99. The number of nitrogens with zero attached hydrogens (tertiary/aromatic N) is 2. The van der Waals surface area contributed by atoms with Gasteiger partial charge >= 0.3 is 0 Å². The van der Waals surface area contributed by atoms with Crippen LogP contribution in [0.15, 0.2) is 52.1 Å². The van der Waals surface area contributed by atoms with Crippen molar-refractivity contribution in [2.45, 2.75) is 20.8 Å². The first-order valence-corrected chi connectivity index (χ1v) is 7.79. The number of aliphatic imine (C=N–C) groups is 1. The zero-order valence-corrected chi connectivity index (χ0v) is 14.5. The van der Waals surface area contributed by atoms with Crippen molar-refractivity contribution >= 4 is 21.6 Å². The van der Waals surface area contributed by atoms with Crippen LogP contribution in [0.5, 0.6) is 5.75 Å². The van der Waals surface area contributed by atoms with Crippen molar-refractivity contribution in [3.05, 3.63) is 63.5 Å². The summed E-state index contributed by atoms with van der Waals surface area (Å²) in [7, 11) is 0. The van der Waals surface area contributed by atoms with Crippen molar-refractivity contribution in [1.29, 1.82) is 0 Å². The molecule has 0 spiro atoms. The number of hydrogen-bond donors (Lipinski definition) is 1. The third kappa shape index (κ3) is 4.07. The lowest BCUT2D eigenvalue weighted by Crippen LogP contribution is -2.34. The van der Waals surface area contributed by atoms with Crippen LogP contribution in [-0.2, 0) is 0 Å². The third-order valence-corrected chi connectivity index (χ3v) is 3.49. The number of halogens is 1. The number of hydrogen-bond acceptors (Lipinski definition) is 3. The van der Waals surface area contributed by atoms with Gasteiger partial charge in [-0.25, -0.2) is 0 Å². The second kappa shape index (κ2) is 6.48. The van der Waals surface area contributed by atoms with Gasteiger partial charge in [-0.3, -0.25) is 4.99 Å². The Balaban J connectivity index is 2.61. The van der Waals surface area contributed by atoms with E-state index in [4.69, 9.17) is 0 Å². The van der Waals surface area contributed by atoms with Crippen LogP contribution in [0, 0.1) is 10.6 Å². The van der Waals surface area contributed by atoms with E-state index in [-0.39, 0.29) is 11.2 Å². The molecule has 1 aromatic heterocycles. The van der Waals surface area contributed by atoms with Crippen LogP contribution in [-0.4, -0.2) is 17.4 Å². The summed E-state index contributed by atoms with van der Waals surface area (Å²) < 4.78 is 1.58. The van der Waals surface area contributed by atoms with Crippen LogP contribution in [0.25, 0.3) is 0 Å². The fourth-order valence-corrected chi connectivity index (χ4v) is 2.29. The van der Waals surface area contributed by atoms with Gasteiger partial charge in [0.25, 0.3) is 0 Å². The molecular formula is C17H19BrN2O2. The highest BCUT2D eigenvalue weighted by Gasteiger charge is 2.20. The number of phenols is 1. The number of benzene rings is 1. The summed E-state index contributed by atoms with van der Waals surface area (Å²) >= 11 is 3.40. The first-order chi connectivity index (χ1) is 10.3. The fourth-order valence-electron chi connectivity index (χ4n) is 1.93. The maximum atomic E-state index is 12.1. The minimum absolute atomic E-state index is 0.0185. The lowest BCUT2D eigenvalue weighted by molar-refractivity contribution is -0.606. The van der Waals surface area contributed by atoms with Crippen LogP contribution in [0.2, 0.25) is 0 Å². The molecule has 0 unspecified atom stereocenters. The van der Waals surface area contributed by atoms with Gasteiger partial charge in [0.2, 0.25) is 5.69 Å². The predicted molar refractivity (Wildman–Crippen MR) is 91.2 cm³/mol. The monoisotopic (exact) mass is 362 g/mol. The van der Waals surface area contributed by atoms with Crippen molar-refractivity contribution in [2.24, 2.45) is 10.4 Å². The summed E-state index contributed by atoms with van der Waals surface area (Å²) in [6.07, 6.45) is 1.43. The highest BCUT2D eigenvalue weighted by Crippen LogP contribution is 2.25. The zero-order valence-electron chi connectivity index (χ0n) is 12.9. The number of aromatic nitrogens is 1. The van der Waals surface area contributed by atoms with E-state index in [0.29, 0.717) is 23.5 Å². The van der Waals surface area contributed by atoms with Gasteiger partial charge in [-0.1, -0.05) is 36.7 Å². The standard InChI is InChI=1S/C17H19BrN2O2/c1-17(2,3)11-19-16(14-6-4-5-9-20(14)22)13-10-12(18)7-8-15(13)21/h4-10,21H,11H2,1-3H3/b19-16-.